The van der Waals surface area contributed by atoms with Gasteiger partial charge in [-0.15, -0.1) is 0 Å². The van der Waals surface area contributed by atoms with E-state index >= 15 is 8.78 Å². The molecule has 1 amide bonds. The van der Waals surface area contributed by atoms with Crippen molar-refractivity contribution >= 4 is 28.3 Å². The first-order chi connectivity index (χ1) is 20.0. The van der Waals surface area contributed by atoms with Crippen LogP contribution in [0, 0.1) is 11.6 Å². The van der Waals surface area contributed by atoms with E-state index in [0.29, 0.717) is 44.1 Å². The normalized spacial score (nSPS) is 15.8. The molecule has 1 aliphatic carbocycles. The van der Waals surface area contributed by atoms with Crippen molar-refractivity contribution in [2.45, 2.75) is 38.5 Å². The predicted molar refractivity (Wildman–Crippen MR) is 154 cm³/mol. The van der Waals surface area contributed by atoms with Crippen LogP contribution in [-0.2, 0) is 29.2 Å². The van der Waals surface area contributed by atoms with Crippen LogP contribution in [0.15, 0.2) is 60.7 Å². The summed E-state index contributed by atoms with van der Waals surface area (Å²) in [4.78, 5) is 26.8. The molecule has 2 fully saturated rings. The first-order valence-corrected chi connectivity index (χ1v) is 14.1. The maximum Gasteiger partial charge on any atom is 0.251 e. The number of amides is 1. The van der Waals surface area contributed by atoms with Crippen LogP contribution in [0.2, 0.25) is 0 Å². The first-order valence-electron chi connectivity index (χ1n) is 14.1. The molecule has 0 unspecified atom stereocenters. The molecule has 0 bridgehead atoms. The Morgan fingerprint density at radius 3 is 2.27 bits per heavy atom. The van der Waals surface area contributed by atoms with Gasteiger partial charge in [-0.2, -0.15) is 0 Å². The largest absolute Gasteiger partial charge is 0.377 e. The monoisotopic (exact) mass is 560 g/mol. The van der Waals surface area contributed by atoms with E-state index in [2.05, 4.69) is 20.7 Å². The minimum atomic E-state index is -0.686. The highest BCUT2D eigenvalue weighted by Crippen LogP contribution is 2.45. The highest BCUT2D eigenvalue weighted by molar-refractivity contribution is 5.95. The Morgan fingerprint density at radius 1 is 0.951 bits per heavy atom. The molecule has 2 N–H and O–H groups in total. The first kappa shape index (κ1) is 27.2. The number of anilines is 2. The van der Waals surface area contributed by atoms with Gasteiger partial charge in [0.05, 0.1) is 24.2 Å². The van der Waals surface area contributed by atoms with Crippen molar-refractivity contribution in [2.75, 3.05) is 43.4 Å². The fraction of sp³-hybridized carbons (Fsp3) is 0.355. The molecule has 0 spiro atoms. The van der Waals surface area contributed by atoms with Crippen molar-refractivity contribution in [3.63, 3.8) is 0 Å². The van der Waals surface area contributed by atoms with E-state index in [-0.39, 0.29) is 36.0 Å². The average molecular weight is 561 g/mol. The number of rotatable bonds is 10. The van der Waals surface area contributed by atoms with Gasteiger partial charge in [-0.3, -0.25) is 9.63 Å². The lowest BCUT2D eigenvalue weighted by Gasteiger charge is -2.34. The van der Waals surface area contributed by atoms with Gasteiger partial charge >= 0.3 is 0 Å². The molecule has 1 aromatic heterocycles. The molecule has 1 saturated carbocycles. The van der Waals surface area contributed by atoms with Gasteiger partial charge in [0.15, 0.2) is 11.6 Å². The number of hydrogen-bond acceptors (Lipinski definition) is 6. The second-order valence-corrected chi connectivity index (χ2v) is 10.8. The summed E-state index contributed by atoms with van der Waals surface area (Å²) < 4.78 is 34.5. The van der Waals surface area contributed by atoms with E-state index in [4.69, 9.17) is 4.84 Å². The van der Waals surface area contributed by atoms with Crippen LogP contribution in [0.25, 0.3) is 11.0 Å². The van der Waals surface area contributed by atoms with Gasteiger partial charge in [0, 0.05) is 38.8 Å². The molecule has 6 rings (SSSR count). The number of hydrogen-bond donors (Lipinski definition) is 2. The van der Waals surface area contributed by atoms with Crippen LogP contribution in [0.4, 0.5) is 20.2 Å². The van der Waals surface area contributed by atoms with Gasteiger partial charge in [0.25, 0.3) is 5.91 Å². The van der Waals surface area contributed by atoms with E-state index in [9.17, 15) is 4.79 Å². The maximum absolute atomic E-state index is 16.4. The number of imidazole rings is 1. The van der Waals surface area contributed by atoms with E-state index in [1.54, 1.807) is 4.90 Å². The van der Waals surface area contributed by atoms with Crippen LogP contribution in [0.1, 0.15) is 35.8 Å². The molecule has 2 aliphatic rings. The summed E-state index contributed by atoms with van der Waals surface area (Å²) >= 11 is 0. The van der Waals surface area contributed by atoms with Crippen LogP contribution < -0.4 is 15.7 Å². The van der Waals surface area contributed by atoms with Crippen LogP contribution in [0.5, 0.6) is 0 Å². The fourth-order valence-electron chi connectivity index (χ4n) is 5.36. The molecule has 1 saturated heterocycles. The molecular weight excluding hydrogens is 526 g/mol. The number of benzene rings is 3. The Balaban J connectivity index is 1.35. The molecule has 1 aliphatic heterocycles. The highest BCUT2D eigenvalue weighted by Gasteiger charge is 2.35. The highest BCUT2D eigenvalue weighted by atomic mass is 19.1. The number of likely N-dealkylation sites (N-methyl/N-ethyl adjacent to an activating group) is 1. The van der Waals surface area contributed by atoms with Crippen LogP contribution in [-0.4, -0.2) is 53.6 Å². The Bertz CT molecular complexity index is 1520. The lowest BCUT2D eigenvalue weighted by Crippen LogP contribution is -2.45. The number of carbonyl (C=O) groups excluding carboxylic acids is 1. The molecule has 8 nitrogen and oxygen atoms in total. The summed E-state index contributed by atoms with van der Waals surface area (Å²) in [6, 6.07) is 19.2. The van der Waals surface area contributed by atoms with Crippen molar-refractivity contribution in [3.8, 4) is 0 Å². The van der Waals surface area contributed by atoms with E-state index in [0.717, 1.165) is 24.0 Å². The molecule has 2 heterocycles. The zero-order chi connectivity index (χ0) is 28.3. The lowest BCUT2D eigenvalue weighted by molar-refractivity contribution is -0.134. The number of nitrogens with one attached hydrogen (secondary N) is 2. The minimum absolute atomic E-state index is 0.0265. The molecule has 4 aromatic rings. The maximum atomic E-state index is 16.4. The number of carbonyl (C=O) groups is 1. The third kappa shape index (κ3) is 5.89. The summed E-state index contributed by atoms with van der Waals surface area (Å²) in [5.74, 6) is -1.33. The summed E-state index contributed by atoms with van der Waals surface area (Å²) in [6.45, 7) is 2.99. The van der Waals surface area contributed by atoms with Crippen LogP contribution >= 0.6 is 0 Å². The van der Waals surface area contributed by atoms with Crippen LogP contribution in [0.3, 0.4) is 0 Å². The Hall–Kier alpha value is -4.02. The third-order valence-electron chi connectivity index (χ3n) is 7.69. The summed E-state index contributed by atoms with van der Waals surface area (Å²) in [6.07, 6.45) is 1.58. The van der Waals surface area contributed by atoms with Crippen molar-refractivity contribution < 1.29 is 18.4 Å². The minimum Gasteiger partial charge on any atom is -0.377 e. The third-order valence-corrected chi connectivity index (χ3v) is 7.69. The zero-order valence-electron chi connectivity index (χ0n) is 23.1. The topological polar surface area (TPSA) is 74.7 Å². The van der Waals surface area contributed by atoms with Gasteiger partial charge in [0.1, 0.15) is 17.0 Å². The Morgan fingerprint density at radius 2 is 1.61 bits per heavy atom. The van der Waals surface area contributed by atoms with Crippen molar-refractivity contribution in [1.82, 2.24) is 19.9 Å². The SMILES string of the molecule is CN1CCN(c2c(F)c(NCc3ccccc3)c3c(nc(CC(=O)NOCc4ccccc4)n3C3CC3)c2F)CC1. The van der Waals surface area contributed by atoms with E-state index in [1.165, 1.54) is 0 Å². The second-order valence-electron chi connectivity index (χ2n) is 10.8. The molecule has 10 heteroatoms. The Labute approximate surface area is 237 Å². The number of halogens is 2. The van der Waals surface area contributed by atoms with E-state index in [1.807, 2.05) is 72.3 Å². The van der Waals surface area contributed by atoms with Gasteiger partial charge in [-0.1, -0.05) is 60.7 Å². The summed E-state index contributed by atoms with van der Waals surface area (Å²) in [5, 5.41) is 3.27. The number of fused-ring (bicyclic) bond motifs is 1. The summed E-state index contributed by atoms with van der Waals surface area (Å²) in [5.41, 5.74) is 4.96. The number of nitrogens with zero attached hydrogens (tertiary/aromatic N) is 4. The van der Waals surface area contributed by atoms with E-state index < -0.39 is 17.5 Å². The van der Waals surface area contributed by atoms with Crippen molar-refractivity contribution in [1.29, 1.82) is 0 Å². The second kappa shape index (κ2) is 11.8. The molecule has 0 radical (unpaired) electrons. The quantitative estimate of drug-likeness (QED) is 0.272. The predicted octanol–water partition coefficient (Wildman–Crippen LogP) is 4.80. The van der Waals surface area contributed by atoms with Gasteiger partial charge in [-0.05, 0) is 31.0 Å². The van der Waals surface area contributed by atoms with Crippen molar-refractivity contribution in [2.24, 2.45) is 0 Å². The molecule has 0 atom stereocenters. The lowest BCUT2D eigenvalue weighted by atomic mass is 10.1. The number of aromatic nitrogens is 2. The van der Waals surface area contributed by atoms with Gasteiger partial charge in [0.2, 0.25) is 0 Å². The molecular formula is C31H34F2N6O2. The molecule has 41 heavy (non-hydrogen) atoms. The molecule has 3 aromatic carbocycles. The number of piperazine rings is 1. The standard InChI is InChI=1S/C31H34F2N6O2/c1-37-14-16-38(17-15-37)30-26(32)28(34-19-21-8-4-2-5-9-21)31-29(27(30)33)35-24(39(31)23-12-13-23)18-25(40)36-41-20-22-10-6-3-7-11-22/h2-11,23,34H,12-20H2,1H3,(H,36,40). The molecule has 214 valence electrons. The van der Waals surface area contributed by atoms with Gasteiger partial charge < -0.3 is 19.7 Å². The average Bonchev–Trinajstić information content (AvgIpc) is 3.76. The summed E-state index contributed by atoms with van der Waals surface area (Å²) in [7, 11) is 2.00. The van der Waals surface area contributed by atoms with Crippen molar-refractivity contribution in [3.05, 3.63) is 89.2 Å². The smallest absolute Gasteiger partial charge is 0.251 e. The fourth-order valence-corrected chi connectivity index (χ4v) is 5.36. The Kier molecular flexibility index (Phi) is 7.84. The zero-order valence-corrected chi connectivity index (χ0v) is 23.1. The number of hydroxylamine groups is 1. The van der Waals surface area contributed by atoms with Gasteiger partial charge in [-0.25, -0.2) is 19.2 Å².